The highest BCUT2D eigenvalue weighted by Crippen LogP contribution is 2.18. The van der Waals surface area contributed by atoms with Crippen LogP contribution in [0.5, 0.6) is 5.75 Å². The quantitative estimate of drug-likeness (QED) is 0.867. The molecule has 2 aromatic carbocycles. The smallest absolute Gasteiger partial charge is 0.335 e. The van der Waals surface area contributed by atoms with Gasteiger partial charge in [0.2, 0.25) is 0 Å². The average molecular weight is 270 g/mol. The van der Waals surface area contributed by atoms with Crippen molar-refractivity contribution >= 4 is 11.8 Å². The van der Waals surface area contributed by atoms with Crippen LogP contribution in [0.2, 0.25) is 0 Å². The molecule has 0 aliphatic carbocycles. The molecule has 4 heteroatoms. The fourth-order valence-electron chi connectivity index (χ4n) is 1.97. The topological polar surface area (TPSA) is 63.6 Å². The highest BCUT2D eigenvalue weighted by molar-refractivity contribution is 6.10. The average Bonchev–Trinajstić information content (AvgIpc) is 2.45. The van der Waals surface area contributed by atoms with Crippen LogP contribution in [0.15, 0.2) is 42.5 Å². The summed E-state index contributed by atoms with van der Waals surface area (Å²) in [5, 5.41) is 9.04. The third-order valence-corrected chi connectivity index (χ3v) is 2.92. The van der Waals surface area contributed by atoms with E-state index in [1.165, 1.54) is 19.2 Å². The summed E-state index contributed by atoms with van der Waals surface area (Å²) in [6, 6.07) is 11.4. The van der Waals surface area contributed by atoms with Gasteiger partial charge in [0.05, 0.1) is 12.7 Å². The Bertz CT molecular complexity index is 674. The lowest BCUT2D eigenvalue weighted by atomic mass is 9.99. The third kappa shape index (κ3) is 2.85. The molecule has 0 unspecified atom stereocenters. The number of rotatable bonds is 4. The fraction of sp³-hybridized carbons (Fsp3) is 0.125. The number of aryl methyl sites for hydroxylation is 1. The van der Waals surface area contributed by atoms with Crippen LogP contribution in [-0.2, 0) is 0 Å². The Morgan fingerprint density at radius 2 is 1.70 bits per heavy atom. The maximum atomic E-state index is 12.4. The van der Waals surface area contributed by atoms with Gasteiger partial charge in [-0.05, 0) is 42.8 Å². The van der Waals surface area contributed by atoms with Crippen LogP contribution in [0.1, 0.15) is 31.8 Å². The fourth-order valence-corrected chi connectivity index (χ4v) is 1.97. The Morgan fingerprint density at radius 3 is 2.35 bits per heavy atom. The van der Waals surface area contributed by atoms with E-state index in [1.807, 2.05) is 0 Å². The van der Waals surface area contributed by atoms with Gasteiger partial charge in [-0.1, -0.05) is 12.1 Å². The lowest BCUT2D eigenvalue weighted by Crippen LogP contribution is -2.05. The third-order valence-electron chi connectivity index (χ3n) is 2.92. The van der Waals surface area contributed by atoms with Crippen LogP contribution >= 0.6 is 0 Å². The predicted molar refractivity (Wildman–Crippen MR) is 74.6 cm³/mol. The van der Waals surface area contributed by atoms with Gasteiger partial charge in [-0.15, -0.1) is 0 Å². The number of carboxylic acids is 1. The van der Waals surface area contributed by atoms with Gasteiger partial charge in [0, 0.05) is 11.1 Å². The summed E-state index contributed by atoms with van der Waals surface area (Å²) in [7, 11) is 1.53. The Morgan fingerprint density at radius 1 is 1.00 bits per heavy atom. The number of ether oxygens (including phenoxy) is 1. The van der Waals surface area contributed by atoms with E-state index < -0.39 is 5.97 Å². The van der Waals surface area contributed by atoms with E-state index in [-0.39, 0.29) is 11.3 Å². The number of benzene rings is 2. The zero-order valence-electron chi connectivity index (χ0n) is 11.2. The highest BCUT2D eigenvalue weighted by atomic mass is 16.5. The first kappa shape index (κ1) is 13.8. The van der Waals surface area contributed by atoms with Crippen molar-refractivity contribution in [3.05, 3.63) is 64.7 Å². The van der Waals surface area contributed by atoms with Crippen LogP contribution in [0.4, 0.5) is 0 Å². The normalized spacial score (nSPS) is 10.1. The molecule has 4 nitrogen and oxygen atoms in total. The van der Waals surface area contributed by atoms with Crippen LogP contribution in [-0.4, -0.2) is 24.0 Å². The number of methoxy groups -OCH3 is 1. The molecule has 0 saturated heterocycles. The summed E-state index contributed by atoms with van der Waals surface area (Å²) in [5.41, 5.74) is 1.66. The van der Waals surface area contributed by atoms with Crippen LogP contribution in [0.25, 0.3) is 0 Å². The van der Waals surface area contributed by atoms with E-state index in [0.29, 0.717) is 16.9 Å². The van der Waals surface area contributed by atoms with Crippen molar-refractivity contribution in [1.29, 1.82) is 0 Å². The van der Waals surface area contributed by atoms with E-state index in [1.54, 1.807) is 37.3 Å². The minimum atomic E-state index is -1.05. The monoisotopic (exact) mass is 270 g/mol. The highest BCUT2D eigenvalue weighted by Gasteiger charge is 2.13. The molecule has 0 aliphatic heterocycles. The summed E-state index contributed by atoms with van der Waals surface area (Å²) in [6.45, 7) is 1.76. The molecule has 0 aromatic heterocycles. The molecule has 0 atom stereocenters. The molecule has 2 rings (SSSR count). The summed E-state index contributed by atoms with van der Waals surface area (Å²) in [5.74, 6) is -0.689. The zero-order chi connectivity index (χ0) is 14.7. The number of carbonyl (C=O) groups excluding carboxylic acids is 1. The summed E-state index contributed by atoms with van der Waals surface area (Å²) in [4.78, 5) is 23.4. The summed E-state index contributed by atoms with van der Waals surface area (Å²) < 4.78 is 5.08. The Hall–Kier alpha value is -2.62. The molecule has 1 N–H and O–H groups in total. The Balaban J connectivity index is 2.44. The Kier molecular flexibility index (Phi) is 3.84. The Labute approximate surface area is 116 Å². The van der Waals surface area contributed by atoms with Gasteiger partial charge in [-0.3, -0.25) is 4.79 Å². The van der Waals surface area contributed by atoms with Gasteiger partial charge in [-0.2, -0.15) is 0 Å². The zero-order valence-corrected chi connectivity index (χ0v) is 11.2. The number of carbonyl (C=O) groups is 2. The standard InChI is InChI=1S/C16H14O4/c1-10-6-12(8-13(7-10)16(18)19)15(17)11-4-3-5-14(9-11)20-2/h3-9H,1-2H3,(H,18,19). The first-order chi connectivity index (χ1) is 9.51. The summed E-state index contributed by atoms with van der Waals surface area (Å²) in [6.07, 6.45) is 0. The van der Waals surface area contributed by atoms with Gasteiger partial charge in [0.25, 0.3) is 0 Å². The molecule has 0 heterocycles. The van der Waals surface area contributed by atoms with Gasteiger partial charge in [-0.25, -0.2) is 4.79 Å². The molecule has 0 aliphatic rings. The summed E-state index contributed by atoms with van der Waals surface area (Å²) >= 11 is 0. The number of carboxylic acid groups (broad SMARTS) is 1. The lowest BCUT2D eigenvalue weighted by Gasteiger charge is -2.06. The second-order valence-electron chi connectivity index (χ2n) is 4.45. The molecule has 0 radical (unpaired) electrons. The van der Waals surface area contributed by atoms with Gasteiger partial charge in [0.1, 0.15) is 5.75 Å². The first-order valence-corrected chi connectivity index (χ1v) is 6.05. The lowest BCUT2D eigenvalue weighted by molar-refractivity contribution is 0.0696. The van der Waals surface area contributed by atoms with Crippen molar-refractivity contribution in [2.24, 2.45) is 0 Å². The second-order valence-corrected chi connectivity index (χ2v) is 4.45. The van der Waals surface area contributed by atoms with E-state index in [9.17, 15) is 9.59 Å². The molecule has 0 bridgehead atoms. The van der Waals surface area contributed by atoms with Crippen molar-refractivity contribution in [2.45, 2.75) is 6.92 Å². The predicted octanol–water partition coefficient (Wildman–Crippen LogP) is 2.93. The molecule has 0 saturated carbocycles. The molecule has 0 amide bonds. The maximum absolute atomic E-state index is 12.4. The van der Waals surface area contributed by atoms with Crippen molar-refractivity contribution in [2.75, 3.05) is 7.11 Å². The van der Waals surface area contributed by atoms with E-state index in [0.717, 1.165) is 5.56 Å². The van der Waals surface area contributed by atoms with Gasteiger partial charge in [0.15, 0.2) is 5.78 Å². The van der Waals surface area contributed by atoms with Crippen molar-refractivity contribution < 1.29 is 19.4 Å². The van der Waals surface area contributed by atoms with Crippen LogP contribution in [0, 0.1) is 6.92 Å². The number of hydrogen-bond donors (Lipinski definition) is 1. The molecular formula is C16H14O4. The SMILES string of the molecule is COc1cccc(C(=O)c2cc(C)cc(C(=O)O)c2)c1. The second kappa shape index (κ2) is 5.57. The van der Waals surface area contributed by atoms with Crippen molar-refractivity contribution in [3.8, 4) is 5.75 Å². The number of aromatic carboxylic acids is 1. The molecular weight excluding hydrogens is 256 g/mol. The minimum absolute atomic E-state index is 0.108. The minimum Gasteiger partial charge on any atom is -0.497 e. The number of ketones is 1. The van der Waals surface area contributed by atoms with Gasteiger partial charge < -0.3 is 9.84 Å². The first-order valence-electron chi connectivity index (χ1n) is 6.05. The molecule has 20 heavy (non-hydrogen) atoms. The van der Waals surface area contributed by atoms with Crippen molar-refractivity contribution in [1.82, 2.24) is 0 Å². The molecule has 0 spiro atoms. The van der Waals surface area contributed by atoms with E-state index in [4.69, 9.17) is 9.84 Å². The van der Waals surface area contributed by atoms with Crippen LogP contribution < -0.4 is 4.74 Å². The van der Waals surface area contributed by atoms with Gasteiger partial charge >= 0.3 is 5.97 Å². The largest absolute Gasteiger partial charge is 0.497 e. The maximum Gasteiger partial charge on any atom is 0.335 e. The molecule has 2 aromatic rings. The molecule has 0 fully saturated rings. The van der Waals surface area contributed by atoms with Crippen molar-refractivity contribution in [3.63, 3.8) is 0 Å². The van der Waals surface area contributed by atoms with Crippen LogP contribution in [0.3, 0.4) is 0 Å². The number of hydrogen-bond acceptors (Lipinski definition) is 3. The van der Waals surface area contributed by atoms with E-state index >= 15 is 0 Å². The van der Waals surface area contributed by atoms with E-state index in [2.05, 4.69) is 0 Å². The molecule has 102 valence electrons.